The lowest BCUT2D eigenvalue weighted by atomic mass is 9.83. The van der Waals surface area contributed by atoms with E-state index in [-0.39, 0.29) is 12.0 Å². The summed E-state index contributed by atoms with van der Waals surface area (Å²) in [5.41, 5.74) is 0.882. The molecular weight excluding hydrogens is 250 g/mol. The normalized spacial score (nSPS) is 11.4. The molecule has 0 heterocycles. The van der Waals surface area contributed by atoms with E-state index in [0.717, 1.165) is 25.1 Å². The summed E-state index contributed by atoms with van der Waals surface area (Å²) in [5, 5.41) is 13.4. The number of anilines is 1. The second-order valence-corrected chi connectivity index (χ2v) is 4.98. The summed E-state index contributed by atoms with van der Waals surface area (Å²) in [6.07, 6.45) is 1.88. The van der Waals surface area contributed by atoms with Gasteiger partial charge in [0, 0.05) is 17.6 Å². The molecule has 3 nitrogen and oxygen atoms in total. The van der Waals surface area contributed by atoms with E-state index >= 15 is 0 Å². The van der Waals surface area contributed by atoms with Gasteiger partial charge in [-0.15, -0.1) is 0 Å². The summed E-state index contributed by atoms with van der Waals surface area (Å²) in [5.74, 6) is 0.668. The standard InChI is InChI=1S/C14H22ClNO2/c1-4-14(5-2,10-17)9-16-11-6-7-13(18-3)12(15)8-11/h6-8,16-17H,4-5,9-10H2,1-3H3. The van der Waals surface area contributed by atoms with Gasteiger partial charge in [-0.2, -0.15) is 0 Å². The number of rotatable bonds is 7. The fourth-order valence-corrected chi connectivity index (χ4v) is 2.10. The first-order valence-electron chi connectivity index (χ1n) is 6.29. The van der Waals surface area contributed by atoms with Crippen LogP contribution in [0.1, 0.15) is 26.7 Å². The number of benzene rings is 1. The monoisotopic (exact) mass is 271 g/mol. The van der Waals surface area contributed by atoms with Crippen LogP contribution in [0.15, 0.2) is 18.2 Å². The number of halogens is 1. The van der Waals surface area contributed by atoms with Crippen molar-refractivity contribution in [2.75, 3.05) is 25.6 Å². The Labute approximate surface area is 114 Å². The topological polar surface area (TPSA) is 41.5 Å². The molecule has 102 valence electrons. The van der Waals surface area contributed by atoms with Crippen molar-refractivity contribution < 1.29 is 9.84 Å². The maximum absolute atomic E-state index is 9.51. The molecule has 0 fully saturated rings. The third-order valence-corrected chi connectivity index (χ3v) is 3.95. The molecule has 0 unspecified atom stereocenters. The van der Waals surface area contributed by atoms with Crippen LogP contribution in [0, 0.1) is 5.41 Å². The molecule has 1 rings (SSSR count). The minimum atomic E-state index is -0.0631. The fourth-order valence-electron chi connectivity index (χ4n) is 1.85. The highest BCUT2D eigenvalue weighted by Gasteiger charge is 2.24. The van der Waals surface area contributed by atoms with Crippen molar-refractivity contribution in [1.29, 1.82) is 0 Å². The molecular formula is C14H22ClNO2. The summed E-state index contributed by atoms with van der Waals surface area (Å²) in [7, 11) is 1.60. The van der Waals surface area contributed by atoms with Gasteiger partial charge in [0.05, 0.1) is 18.7 Å². The summed E-state index contributed by atoms with van der Waals surface area (Å²) in [4.78, 5) is 0. The van der Waals surface area contributed by atoms with E-state index in [4.69, 9.17) is 16.3 Å². The second-order valence-electron chi connectivity index (χ2n) is 4.57. The highest BCUT2D eigenvalue weighted by atomic mass is 35.5. The number of aliphatic hydroxyl groups excluding tert-OH is 1. The molecule has 0 aliphatic carbocycles. The van der Waals surface area contributed by atoms with Crippen LogP contribution in [0.4, 0.5) is 5.69 Å². The lowest BCUT2D eigenvalue weighted by molar-refractivity contribution is 0.127. The molecule has 0 atom stereocenters. The van der Waals surface area contributed by atoms with Crippen LogP contribution < -0.4 is 10.1 Å². The van der Waals surface area contributed by atoms with Crippen molar-refractivity contribution in [3.63, 3.8) is 0 Å². The molecule has 0 aliphatic rings. The zero-order chi connectivity index (χ0) is 13.6. The average molecular weight is 272 g/mol. The Balaban J connectivity index is 2.71. The van der Waals surface area contributed by atoms with Gasteiger partial charge in [-0.05, 0) is 31.0 Å². The van der Waals surface area contributed by atoms with E-state index in [2.05, 4.69) is 19.2 Å². The van der Waals surface area contributed by atoms with Gasteiger partial charge in [0.25, 0.3) is 0 Å². The van der Waals surface area contributed by atoms with Crippen molar-refractivity contribution in [1.82, 2.24) is 0 Å². The Hall–Kier alpha value is -0.930. The third kappa shape index (κ3) is 3.53. The predicted octanol–water partition coefficient (Wildman–Crippen LogP) is 3.56. The van der Waals surface area contributed by atoms with Crippen LogP contribution in [0.25, 0.3) is 0 Å². The average Bonchev–Trinajstić information content (AvgIpc) is 2.41. The second kappa shape index (κ2) is 6.86. The van der Waals surface area contributed by atoms with Crippen molar-refractivity contribution in [3.05, 3.63) is 23.2 Å². The van der Waals surface area contributed by atoms with E-state index in [1.165, 1.54) is 0 Å². The highest BCUT2D eigenvalue weighted by Crippen LogP contribution is 2.29. The van der Waals surface area contributed by atoms with Crippen LogP contribution in [0.5, 0.6) is 5.75 Å². The third-order valence-electron chi connectivity index (χ3n) is 3.65. The van der Waals surface area contributed by atoms with Crippen molar-refractivity contribution in [2.45, 2.75) is 26.7 Å². The number of aliphatic hydroxyl groups is 1. The van der Waals surface area contributed by atoms with Crippen LogP contribution in [0.2, 0.25) is 5.02 Å². The summed E-state index contributed by atoms with van der Waals surface area (Å²) in [6.45, 7) is 5.13. The van der Waals surface area contributed by atoms with Gasteiger partial charge >= 0.3 is 0 Å². The smallest absolute Gasteiger partial charge is 0.137 e. The first-order chi connectivity index (χ1) is 8.60. The van der Waals surface area contributed by atoms with Gasteiger partial charge in [-0.1, -0.05) is 25.4 Å². The van der Waals surface area contributed by atoms with E-state index in [1.54, 1.807) is 7.11 Å². The zero-order valence-corrected chi connectivity index (χ0v) is 12.0. The lowest BCUT2D eigenvalue weighted by Gasteiger charge is -2.30. The van der Waals surface area contributed by atoms with Gasteiger partial charge in [-0.25, -0.2) is 0 Å². The first kappa shape index (κ1) is 15.1. The number of hydrogen-bond acceptors (Lipinski definition) is 3. The summed E-state index contributed by atoms with van der Waals surface area (Å²) >= 11 is 6.07. The van der Waals surface area contributed by atoms with Gasteiger partial charge in [0.2, 0.25) is 0 Å². The summed E-state index contributed by atoms with van der Waals surface area (Å²) < 4.78 is 5.11. The molecule has 0 aliphatic heterocycles. The Kier molecular flexibility index (Phi) is 5.76. The maximum atomic E-state index is 9.51. The Morgan fingerprint density at radius 1 is 1.33 bits per heavy atom. The van der Waals surface area contributed by atoms with Crippen LogP contribution in [0.3, 0.4) is 0 Å². The Bertz CT molecular complexity index is 370. The maximum Gasteiger partial charge on any atom is 0.137 e. The Morgan fingerprint density at radius 3 is 2.44 bits per heavy atom. The van der Waals surface area contributed by atoms with E-state index in [9.17, 15) is 5.11 Å². The molecule has 0 saturated carbocycles. The van der Waals surface area contributed by atoms with Crippen LogP contribution >= 0.6 is 11.6 Å². The lowest BCUT2D eigenvalue weighted by Crippen LogP contribution is -2.32. The Morgan fingerprint density at radius 2 is 2.00 bits per heavy atom. The molecule has 1 aromatic rings. The zero-order valence-electron chi connectivity index (χ0n) is 11.3. The van der Waals surface area contributed by atoms with Gasteiger partial charge in [-0.3, -0.25) is 0 Å². The quantitative estimate of drug-likeness (QED) is 0.797. The number of methoxy groups -OCH3 is 1. The molecule has 18 heavy (non-hydrogen) atoms. The van der Waals surface area contributed by atoms with E-state index in [1.807, 2.05) is 18.2 Å². The van der Waals surface area contributed by atoms with Crippen LogP contribution in [-0.2, 0) is 0 Å². The molecule has 0 aromatic heterocycles. The predicted molar refractivity (Wildman–Crippen MR) is 76.6 cm³/mol. The molecule has 0 radical (unpaired) electrons. The molecule has 1 aromatic carbocycles. The van der Waals surface area contributed by atoms with Gasteiger partial charge < -0.3 is 15.2 Å². The van der Waals surface area contributed by atoms with Crippen LogP contribution in [-0.4, -0.2) is 25.4 Å². The molecule has 4 heteroatoms. The fraction of sp³-hybridized carbons (Fsp3) is 0.571. The molecule has 0 saturated heterocycles. The van der Waals surface area contributed by atoms with Gasteiger partial charge in [0.1, 0.15) is 5.75 Å². The van der Waals surface area contributed by atoms with Crippen molar-refractivity contribution >= 4 is 17.3 Å². The first-order valence-corrected chi connectivity index (χ1v) is 6.67. The molecule has 0 amide bonds. The molecule has 2 N–H and O–H groups in total. The summed E-state index contributed by atoms with van der Waals surface area (Å²) in [6, 6.07) is 5.61. The van der Waals surface area contributed by atoms with E-state index < -0.39 is 0 Å². The van der Waals surface area contributed by atoms with Gasteiger partial charge in [0.15, 0.2) is 0 Å². The number of nitrogens with one attached hydrogen (secondary N) is 1. The minimum absolute atomic E-state index is 0.0631. The molecule has 0 spiro atoms. The largest absolute Gasteiger partial charge is 0.495 e. The minimum Gasteiger partial charge on any atom is -0.495 e. The van der Waals surface area contributed by atoms with E-state index in [0.29, 0.717) is 10.8 Å². The van der Waals surface area contributed by atoms with Crippen molar-refractivity contribution in [3.8, 4) is 5.75 Å². The molecule has 0 bridgehead atoms. The SMILES string of the molecule is CCC(CC)(CO)CNc1ccc(OC)c(Cl)c1. The number of ether oxygens (including phenoxy) is 1. The number of hydrogen-bond donors (Lipinski definition) is 2. The van der Waals surface area contributed by atoms with Crippen molar-refractivity contribution in [2.24, 2.45) is 5.41 Å². The highest BCUT2D eigenvalue weighted by molar-refractivity contribution is 6.32.